The van der Waals surface area contributed by atoms with Gasteiger partial charge in [-0.05, 0) is 56.3 Å². The van der Waals surface area contributed by atoms with E-state index in [0.29, 0.717) is 22.7 Å². The van der Waals surface area contributed by atoms with Crippen LogP contribution in [0.2, 0.25) is 0 Å². The number of ether oxygens (including phenoxy) is 4. The molecule has 2 heterocycles. The molecule has 0 aliphatic heterocycles. The Hall–Kier alpha value is -6.51. The number of hydrogen-bond acceptors (Lipinski definition) is 13. The second kappa shape index (κ2) is 16.3. The Balaban J connectivity index is 1.57. The van der Waals surface area contributed by atoms with E-state index >= 15 is 0 Å². The molecule has 15 heteroatoms. The van der Waals surface area contributed by atoms with Crippen molar-refractivity contribution in [2.45, 2.75) is 47.5 Å². The molecule has 0 saturated carbocycles. The summed E-state index contributed by atoms with van der Waals surface area (Å²) >= 11 is 0. The van der Waals surface area contributed by atoms with E-state index < -0.39 is 48.6 Å². The van der Waals surface area contributed by atoms with E-state index in [2.05, 4.69) is 22.2 Å². The number of hydrogen-bond donors (Lipinski definition) is 3. The zero-order chi connectivity index (χ0) is 37.4. The van der Waals surface area contributed by atoms with Crippen molar-refractivity contribution in [3.05, 3.63) is 105 Å². The van der Waals surface area contributed by atoms with E-state index in [1.165, 1.54) is 51.3 Å². The molecule has 1 atom stereocenters. The van der Waals surface area contributed by atoms with Crippen molar-refractivity contribution in [3.8, 4) is 16.9 Å². The molecule has 0 saturated heterocycles. The lowest BCUT2D eigenvalue weighted by Crippen LogP contribution is -2.35. The molecule has 0 fully saturated rings. The number of alkyl carbamates (subject to hydrolysis) is 1. The third-order valence-corrected chi connectivity index (χ3v) is 7.21. The Morgan fingerprint density at radius 1 is 0.980 bits per heavy atom. The molecular weight excluding hydrogens is 664 g/mol. The molecule has 0 radical (unpaired) electrons. The number of aromatic nitrogens is 1. The SMILES string of the molecule is C=Cc1cc(C(=O)Nc2ccc(C(=N)NC(=O)OC(C)OC(=O)C(C)C)cc2)c(-c2ccc(C)nc2C(=O)OCc2oc(=O)oc2C)cc1OC. The van der Waals surface area contributed by atoms with Crippen LogP contribution in [0, 0.1) is 25.2 Å². The van der Waals surface area contributed by atoms with Crippen LogP contribution < -0.4 is 21.2 Å². The Labute approximate surface area is 292 Å². The van der Waals surface area contributed by atoms with E-state index in [1.807, 2.05) is 0 Å². The van der Waals surface area contributed by atoms with Crippen LogP contribution in [0.25, 0.3) is 17.2 Å². The molecule has 4 aromatic rings. The molecule has 3 N–H and O–H groups in total. The quantitative estimate of drug-likeness (QED) is 0.0696. The minimum atomic E-state index is -1.16. The van der Waals surface area contributed by atoms with Gasteiger partial charge >= 0.3 is 23.9 Å². The first-order valence-corrected chi connectivity index (χ1v) is 15.5. The van der Waals surface area contributed by atoms with E-state index in [4.69, 9.17) is 33.2 Å². The lowest BCUT2D eigenvalue weighted by atomic mass is 9.94. The molecule has 2 aromatic carbocycles. The maximum atomic E-state index is 13.8. The van der Waals surface area contributed by atoms with Gasteiger partial charge in [-0.15, -0.1) is 0 Å². The fraction of sp³-hybridized carbons (Fsp3) is 0.250. The first-order chi connectivity index (χ1) is 24.2. The van der Waals surface area contributed by atoms with Gasteiger partial charge in [-0.1, -0.05) is 32.6 Å². The summed E-state index contributed by atoms with van der Waals surface area (Å²) in [5.41, 5.74) is 2.19. The van der Waals surface area contributed by atoms with Crippen LogP contribution in [0.15, 0.2) is 68.7 Å². The van der Waals surface area contributed by atoms with Crippen LogP contribution in [0.4, 0.5) is 10.5 Å². The standard InChI is InChI=1S/C36H36N4O11/c1-8-22-15-27(32(41)39-24-12-10-23(11-13-24)31(37)40-35(44)50-21(6)49-33(42)18(2)3)26(16-28(22)46-7)25-14-9-19(4)38-30(25)34(43)47-17-29-20(5)48-36(45)51-29/h8-16,18,21H,1,17H2,2-7H3,(H,39,41)(H2,37,40,44). The van der Waals surface area contributed by atoms with Gasteiger partial charge in [-0.2, -0.15) is 0 Å². The summed E-state index contributed by atoms with van der Waals surface area (Å²) in [5.74, 6) is -3.04. The third-order valence-electron chi connectivity index (χ3n) is 7.21. The van der Waals surface area contributed by atoms with Gasteiger partial charge in [0.05, 0.1) is 13.0 Å². The Morgan fingerprint density at radius 2 is 1.69 bits per heavy atom. The van der Waals surface area contributed by atoms with Crippen molar-refractivity contribution in [3.63, 3.8) is 0 Å². The van der Waals surface area contributed by atoms with Gasteiger partial charge in [-0.3, -0.25) is 20.3 Å². The first-order valence-electron chi connectivity index (χ1n) is 15.5. The van der Waals surface area contributed by atoms with E-state index in [9.17, 15) is 24.0 Å². The predicted octanol–water partition coefficient (Wildman–Crippen LogP) is 5.77. The van der Waals surface area contributed by atoms with Gasteiger partial charge in [0.1, 0.15) is 11.6 Å². The Morgan fingerprint density at radius 3 is 2.29 bits per heavy atom. The Kier molecular flexibility index (Phi) is 11.9. The lowest BCUT2D eigenvalue weighted by Gasteiger charge is -2.17. The van der Waals surface area contributed by atoms with Crippen molar-refractivity contribution in [1.82, 2.24) is 10.3 Å². The molecule has 0 bridgehead atoms. The molecule has 51 heavy (non-hydrogen) atoms. The molecule has 0 aliphatic carbocycles. The highest BCUT2D eigenvalue weighted by Gasteiger charge is 2.24. The molecular formula is C36H36N4O11. The van der Waals surface area contributed by atoms with Gasteiger partial charge < -0.3 is 33.1 Å². The van der Waals surface area contributed by atoms with Crippen molar-refractivity contribution < 1.29 is 47.0 Å². The second-order valence-corrected chi connectivity index (χ2v) is 11.3. The van der Waals surface area contributed by atoms with E-state index in [1.54, 1.807) is 45.0 Å². The molecule has 0 aliphatic rings. The number of aryl methyl sites for hydroxylation is 2. The van der Waals surface area contributed by atoms with Crippen LogP contribution >= 0.6 is 0 Å². The number of amidine groups is 1. The lowest BCUT2D eigenvalue weighted by molar-refractivity contribution is -0.168. The van der Waals surface area contributed by atoms with Crippen LogP contribution in [0.1, 0.15) is 70.0 Å². The number of carbonyl (C=O) groups is 4. The van der Waals surface area contributed by atoms with Gasteiger partial charge in [0, 0.05) is 46.1 Å². The highest BCUT2D eigenvalue weighted by molar-refractivity contribution is 6.11. The number of nitrogens with zero attached hydrogens (tertiary/aromatic N) is 1. The van der Waals surface area contributed by atoms with Crippen LogP contribution in [0.3, 0.4) is 0 Å². The number of amides is 2. The number of rotatable bonds is 12. The summed E-state index contributed by atoms with van der Waals surface area (Å²) < 4.78 is 30.7. The second-order valence-electron chi connectivity index (χ2n) is 11.3. The summed E-state index contributed by atoms with van der Waals surface area (Å²) in [5, 5.41) is 13.3. The fourth-order valence-electron chi connectivity index (χ4n) is 4.58. The van der Waals surface area contributed by atoms with Crippen LogP contribution in [0.5, 0.6) is 5.75 Å². The summed E-state index contributed by atoms with van der Waals surface area (Å²) in [6.07, 6.45) is -0.651. The van der Waals surface area contributed by atoms with Crippen molar-refractivity contribution in [1.29, 1.82) is 5.41 Å². The summed E-state index contributed by atoms with van der Waals surface area (Å²) in [4.78, 5) is 66.9. The zero-order valence-corrected chi connectivity index (χ0v) is 28.7. The van der Waals surface area contributed by atoms with E-state index in [0.717, 1.165) is 0 Å². The molecule has 4 rings (SSSR count). The van der Waals surface area contributed by atoms with Crippen molar-refractivity contribution in [2.75, 3.05) is 12.4 Å². The average molecular weight is 701 g/mol. The minimum Gasteiger partial charge on any atom is -0.496 e. The number of anilines is 1. The number of carbonyl (C=O) groups excluding carboxylic acids is 4. The first kappa shape index (κ1) is 37.3. The molecule has 15 nitrogen and oxygen atoms in total. The molecule has 2 amide bonds. The molecule has 266 valence electrons. The normalized spacial score (nSPS) is 11.3. The predicted molar refractivity (Wildman–Crippen MR) is 183 cm³/mol. The van der Waals surface area contributed by atoms with E-state index in [-0.39, 0.29) is 45.3 Å². The van der Waals surface area contributed by atoms with Gasteiger partial charge in [-0.25, -0.2) is 19.4 Å². The monoisotopic (exact) mass is 700 g/mol. The largest absolute Gasteiger partial charge is 0.519 e. The topological polar surface area (TPSA) is 209 Å². The number of pyridine rings is 1. The third kappa shape index (κ3) is 9.35. The van der Waals surface area contributed by atoms with Gasteiger partial charge in [0.15, 0.2) is 23.8 Å². The van der Waals surface area contributed by atoms with Crippen molar-refractivity contribution in [2.24, 2.45) is 5.92 Å². The molecule has 0 spiro atoms. The molecule has 1 unspecified atom stereocenters. The molecule has 2 aromatic heterocycles. The zero-order valence-electron chi connectivity index (χ0n) is 28.7. The highest BCUT2D eigenvalue weighted by Crippen LogP contribution is 2.34. The number of esters is 2. The number of nitrogens with one attached hydrogen (secondary N) is 3. The maximum Gasteiger partial charge on any atom is 0.519 e. The van der Waals surface area contributed by atoms with Crippen LogP contribution in [-0.2, 0) is 25.6 Å². The smallest absolute Gasteiger partial charge is 0.496 e. The van der Waals surface area contributed by atoms with Crippen molar-refractivity contribution >= 4 is 41.5 Å². The summed E-state index contributed by atoms with van der Waals surface area (Å²) in [6, 6.07) is 12.4. The summed E-state index contributed by atoms with van der Waals surface area (Å²) in [6.45, 7) is 11.2. The highest BCUT2D eigenvalue weighted by atomic mass is 16.7. The van der Waals surface area contributed by atoms with Crippen LogP contribution in [-0.4, -0.2) is 48.2 Å². The fourth-order valence-corrected chi connectivity index (χ4v) is 4.58. The van der Waals surface area contributed by atoms with Gasteiger partial charge in [0.2, 0.25) is 6.29 Å². The number of methoxy groups -OCH3 is 1. The number of benzene rings is 2. The maximum absolute atomic E-state index is 13.8. The average Bonchev–Trinajstić information content (AvgIpc) is 3.42. The minimum absolute atomic E-state index is 0.0375. The Bertz CT molecular complexity index is 2040. The van der Waals surface area contributed by atoms with Gasteiger partial charge in [0.25, 0.3) is 5.91 Å². The summed E-state index contributed by atoms with van der Waals surface area (Å²) in [7, 11) is 1.45.